The van der Waals surface area contributed by atoms with Crippen molar-refractivity contribution in [1.82, 2.24) is 4.72 Å². The number of rotatable bonds is 3. The maximum absolute atomic E-state index is 14.0. The van der Waals surface area contributed by atoms with Gasteiger partial charge in [-0.1, -0.05) is 11.6 Å². The highest BCUT2D eigenvalue weighted by molar-refractivity contribution is 7.89. The van der Waals surface area contributed by atoms with Crippen molar-refractivity contribution >= 4 is 21.6 Å². The molecule has 0 amide bonds. The summed E-state index contributed by atoms with van der Waals surface area (Å²) in [6.45, 7) is 0. The molecule has 22 heavy (non-hydrogen) atoms. The molecule has 120 valence electrons. The van der Waals surface area contributed by atoms with Crippen LogP contribution < -0.4 is 4.72 Å². The minimum absolute atomic E-state index is 0.200. The highest BCUT2D eigenvalue weighted by Gasteiger charge is 2.52. The number of halogens is 2. The number of benzene rings is 1. The molecule has 0 aliphatic heterocycles. The molecule has 1 aromatic rings. The summed E-state index contributed by atoms with van der Waals surface area (Å²) >= 11 is 5.71. The van der Waals surface area contributed by atoms with E-state index in [0.29, 0.717) is 17.8 Å². The Morgan fingerprint density at radius 1 is 1.09 bits per heavy atom. The molecule has 0 unspecified atom stereocenters. The summed E-state index contributed by atoms with van der Waals surface area (Å²) in [7, 11) is -3.85. The monoisotopic (exact) mass is 343 g/mol. The van der Waals surface area contributed by atoms with Gasteiger partial charge in [0.05, 0.1) is 0 Å². The van der Waals surface area contributed by atoms with E-state index in [1.54, 1.807) is 0 Å². The number of sulfonamides is 1. The largest absolute Gasteiger partial charge is 0.243 e. The van der Waals surface area contributed by atoms with Crippen LogP contribution in [0.2, 0.25) is 5.02 Å². The van der Waals surface area contributed by atoms with Crippen molar-refractivity contribution in [2.45, 2.75) is 49.0 Å². The van der Waals surface area contributed by atoms with E-state index in [1.807, 2.05) is 0 Å². The average molecular weight is 344 g/mol. The van der Waals surface area contributed by atoms with Gasteiger partial charge in [-0.15, -0.1) is 0 Å². The van der Waals surface area contributed by atoms with Gasteiger partial charge in [0.1, 0.15) is 10.7 Å². The van der Waals surface area contributed by atoms with Crippen LogP contribution in [0.5, 0.6) is 0 Å². The zero-order valence-electron chi connectivity index (χ0n) is 12.2. The zero-order valence-corrected chi connectivity index (χ0v) is 13.8. The molecule has 0 radical (unpaired) electrons. The molecule has 0 atom stereocenters. The Morgan fingerprint density at radius 3 is 2.14 bits per heavy atom. The fourth-order valence-corrected chi connectivity index (χ4v) is 6.92. The fourth-order valence-electron chi connectivity index (χ4n) is 5.27. The Labute approximate surface area is 135 Å². The maximum Gasteiger partial charge on any atom is 0.243 e. The minimum Gasteiger partial charge on any atom is -0.207 e. The van der Waals surface area contributed by atoms with E-state index in [0.717, 1.165) is 25.3 Å². The van der Waals surface area contributed by atoms with Crippen molar-refractivity contribution in [2.75, 3.05) is 0 Å². The average Bonchev–Trinajstić information content (AvgIpc) is 2.34. The van der Waals surface area contributed by atoms with Crippen molar-refractivity contribution in [3.05, 3.63) is 29.0 Å². The molecule has 0 spiro atoms. The van der Waals surface area contributed by atoms with Gasteiger partial charge < -0.3 is 0 Å². The molecule has 4 fully saturated rings. The van der Waals surface area contributed by atoms with Gasteiger partial charge in [0.2, 0.25) is 10.0 Å². The van der Waals surface area contributed by atoms with Crippen LogP contribution in [0.4, 0.5) is 4.39 Å². The SMILES string of the molecule is O=S(=O)(NC12CC3CC(CC(C3)C1)C2)c1ccc(Cl)cc1F. The first kappa shape index (κ1) is 14.9. The van der Waals surface area contributed by atoms with Gasteiger partial charge in [0.15, 0.2) is 0 Å². The molecule has 1 N–H and O–H groups in total. The smallest absolute Gasteiger partial charge is 0.207 e. The maximum atomic E-state index is 14.0. The molecule has 4 saturated carbocycles. The molecular weight excluding hydrogens is 325 g/mol. The van der Waals surface area contributed by atoms with Crippen molar-refractivity contribution in [3.63, 3.8) is 0 Å². The highest BCUT2D eigenvalue weighted by Crippen LogP contribution is 2.56. The van der Waals surface area contributed by atoms with Crippen LogP contribution in [-0.4, -0.2) is 14.0 Å². The molecule has 1 aromatic carbocycles. The van der Waals surface area contributed by atoms with Gasteiger partial charge in [0.25, 0.3) is 0 Å². The van der Waals surface area contributed by atoms with Crippen molar-refractivity contribution in [3.8, 4) is 0 Å². The van der Waals surface area contributed by atoms with Gasteiger partial charge in [0, 0.05) is 10.6 Å². The van der Waals surface area contributed by atoms with Crippen LogP contribution in [0, 0.1) is 23.6 Å². The van der Waals surface area contributed by atoms with E-state index >= 15 is 0 Å². The molecule has 6 heteroatoms. The van der Waals surface area contributed by atoms with Gasteiger partial charge in [-0.3, -0.25) is 0 Å². The Kier molecular flexibility index (Phi) is 3.34. The molecule has 4 aliphatic carbocycles. The lowest BCUT2D eigenvalue weighted by Gasteiger charge is -2.56. The van der Waals surface area contributed by atoms with Gasteiger partial charge >= 0.3 is 0 Å². The summed E-state index contributed by atoms with van der Waals surface area (Å²) in [4.78, 5) is -0.298. The van der Waals surface area contributed by atoms with E-state index in [2.05, 4.69) is 4.72 Å². The first-order valence-corrected chi connectivity index (χ1v) is 9.70. The first-order chi connectivity index (χ1) is 10.4. The molecule has 4 bridgehead atoms. The molecule has 0 aromatic heterocycles. The first-order valence-electron chi connectivity index (χ1n) is 7.84. The van der Waals surface area contributed by atoms with Crippen LogP contribution in [0.1, 0.15) is 38.5 Å². The van der Waals surface area contributed by atoms with Crippen LogP contribution in [0.15, 0.2) is 23.1 Å². The normalized spacial score (nSPS) is 36.7. The lowest BCUT2D eigenvalue weighted by Crippen LogP contribution is -2.59. The second-order valence-corrected chi connectivity index (χ2v) is 9.47. The topological polar surface area (TPSA) is 46.2 Å². The molecular formula is C16H19ClFNO2S. The summed E-state index contributed by atoms with van der Waals surface area (Å²) in [6.07, 6.45) is 6.39. The van der Waals surface area contributed by atoms with Crippen LogP contribution in [0.3, 0.4) is 0 Å². The summed E-state index contributed by atoms with van der Waals surface area (Å²) in [6, 6.07) is 3.72. The number of hydrogen-bond acceptors (Lipinski definition) is 2. The third kappa shape index (κ3) is 2.47. The van der Waals surface area contributed by atoms with Gasteiger partial charge in [-0.2, -0.15) is 0 Å². The lowest BCUT2D eigenvalue weighted by molar-refractivity contribution is -0.00812. The van der Waals surface area contributed by atoms with Gasteiger partial charge in [-0.25, -0.2) is 17.5 Å². The zero-order chi connectivity index (χ0) is 15.5. The summed E-state index contributed by atoms with van der Waals surface area (Å²) in [5.41, 5.74) is -0.361. The van der Waals surface area contributed by atoms with Crippen LogP contribution in [0.25, 0.3) is 0 Å². The second-order valence-electron chi connectivity index (χ2n) is 7.38. The Hall–Kier alpha value is -0.650. The predicted molar refractivity (Wildman–Crippen MR) is 82.6 cm³/mol. The quantitative estimate of drug-likeness (QED) is 0.909. The Morgan fingerprint density at radius 2 is 1.64 bits per heavy atom. The third-order valence-corrected chi connectivity index (χ3v) is 7.42. The molecule has 5 rings (SSSR count). The molecule has 0 heterocycles. The standard InChI is InChI=1S/C16H19ClFNO2S/c17-13-1-2-15(14(18)6-13)22(20,21)19-16-7-10-3-11(8-16)5-12(4-10)9-16/h1-2,6,10-12,19H,3-5,7-9H2. The Balaban J connectivity index is 1.65. The fraction of sp³-hybridized carbons (Fsp3) is 0.625. The lowest BCUT2D eigenvalue weighted by atomic mass is 9.53. The van der Waals surface area contributed by atoms with Gasteiger partial charge in [-0.05, 0) is 74.5 Å². The van der Waals surface area contributed by atoms with Crippen LogP contribution >= 0.6 is 11.6 Å². The number of hydrogen-bond donors (Lipinski definition) is 1. The van der Waals surface area contributed by atoms with E-state index in [1.165, 1.54) is 31.4 Å². The summed E-state index contributed by atoms with van der Waals surface area (Å²) in [5, 5.41) is 0.200. The minimum atomic E-state index is -3.85. The highest BCUT2D eigenvalue weighted by atomic mass is 35.5. The third-order valence-electron chi connectivity index (χ3n) is 5.57. The summed E-state index contributed by atoms with van der Waals surface area (Å²) < 4.78 is 42.2. The van der Waals surface area contributed by atoms with Crippen molar-refractivity contribution < 1.29 is 12.8 Å². The summed E-state index contributed by atoms with van der Waals surface area (Å²) in [5.74, 6) is 1.10. The molecule has 3 nitrogen and oxygen atoms in total. The van der Waals surface area contributed by atoms with Crippen molar-refractivity contribution in [2.24, 2.45) is 17.8 Å². The van der Waals surface area contributed by atoms with Crippen molar-refractivity contribution in [1.29, 1.82) is 0 Å². The predicted octanol–water partition coefficient (Wildman–Crippen LogP) is 3.73. The number of nitrogens with one attached hydrogen (secondary N) is 1. The van der Waals surface area contributed by atoms with Crippen LogP contribution in [-0.2, 0) is 10.0 Å². The molecule has 0 saturated heterocycles. The Bertz CT molecular complexity index is 684. The van der Waals surface area contributed by atoms with E-state index in [-0.39, 0.29) is 15.5 Å². The van der Waals surface area contributed by atoms with E-state index in [4.69, 9.17) is 11.6 Å². The molecule has 4 aliphatic rings. The second kappa shape index (κ2) is 4.92. The van der Waals surface area contributed by atoms with E-state index < -0.39 is 15.8 Å². The van der Waals surface area contributed by atoms with E-state index in [9.17, 15) is 12.8 Å².